The Bertz CT molecular complexity index is 1340. The van der Waals surface area contributed by atoms with Crippen molar-refractivity contribution in [2.75, 3.05) is 45.9 Å². The second-order valence-corrected chi connectivity index (χ2v) is 9.92. The number of benzene rings is 1. The predicted octanol–water partition coefficient (Wildman–Crippen LogP) is 4.84. The molecule has 0 saturated carbocycles. The van der Waals surface area contributed by atoms with Crippen LogP contribution in [0.1, 0.15) is 36.8 Å². The van der Waals surface area contributed by atoms with Crippen LogP contribution in [0.5, 0.6) is 0 Å². The molecule has 10 heteroatoms. The zero-order chi connectivity index (χ0) is 28.4. The van der Waals surface area contributed by atoms with Crippen LogP contribution >= 0.6 is 0 Å². The quantitative estimate of drug-likeness (QED) is 0.131. The molecule has 0 spiro atoms. The van der Waals surface area contributed by atoms with Crippen molar-refractivity contribution in [2.45, 2.75) is 38.3 Å². The smallest absolute Gasteiger partial charge is 0.389 e. The number of imidazole rings is 1. The predicted molar refractivity (Wildman–Crippen MR) is 149 cm³/mol. The molecule has 212 valence electrons. The van der Waals surface area contributed by atoms with Crippen LogP contribution in [0.3, 0.4) is 0 Å². The van der Waals surface area contributed by atoms with Crippen molar-refractivity contribution in [1.29, 1.82) is 0 Å². The van der Waals surface area contributed by atoms with Gasteiger partial charge in [-0.3, -0.25) is 14.1 Å². The normalized spacial score (nSPS) is 15.1. The largest absolute Gasteiger partial charge is 0.396 e. The van der Waals surface area contributed by atoms with E-state index in [0.29, 0.717) is 17.8 Å². The zero-order valence-electron chi connectivity index (χ0n) is 22.4. The number of fused-ring (bicyclic) bond motifs is 1. The van der Waals surface area contributed by atoms with Crippen LogP contribution in [-0.2, 0) is 16.1 Å². The number of halogens is 3. The second-order valence-electron chi connectivity index (χ2n) is 9.92. The first-order valence-corrected chi connectivity index (χ1v) is 13.5. The Kier molecular flexibility index (Phi) is 10.3. The summed E-state index contributed by atoms with van der Waals surface area (Å²) in [6, 6.07) is 11.0. The van der Waals surface area contributed by atoms with Crippen molar-refractivity contribution in [2.24, 2.45) is 5.16 Å². The van der Waals surface area contributed by atoms with Gasteiger partial charge in [-0.2, -0.15) is 13.2 Å². The Labute approximate surface area is 232 Å². The first-order chi connectivity index (χ1) is 19.3. The Morgan fingerprint density at radius 1 is 1.12 bits per heavy atom. The molecule has 7 nitrogen and oxygen atoms in total. The molecule has 2 aromatic heterocycles. The van der Waals surface area contributed by atoms with E-state index in [1.54, 1.807) is 24.5 Å². The topological polar surface area (TPSA) is 62.4 Å². The minimum absolute atomic E-state index is 0.0366. The van der Waals surface area contributed by atoms with E-state index in [9.17, 15) is 18.0 Å². The van der Waals surface area contributed by atoms with E-state index in [1.165, 1.54) is 0 Å². The molecule has 1 saturated heterocycles. The molecule has 4 rings (SSSR count). The molecule has 40 heavy (non-hydrogen) atoms. The average molecular weight is 554 g/mol. The number of hydrogen-bond acceptors (Lipinski definition) is 6. The number of oxime groups is 1. The molecule has 0 amide bonds. The average Bonchev–Trinajstić information content (AvgIpc) is 3.36. The Hall–Kier alpha value is -3.68. The molecule has 0 N–H and O–H groups in total. The summed E-state index contributed by atoms with van der Waals surface area (Å²) in [7, 11) is 0. The summed E-state index contributed by atoms with van der Waals surface area (Å²) in [6.45, 7) is 6.68. The minimum Gasteiger partial charge on any atom is -0.396 e. The lowest BCUT2D eigenvalue weighted by molar-refractivity contribution is -0.143. The van der Waals surface area contributed by atoms with Crippen molar-refractivity contribution in [3.05, 3.63) is 59.9 Å². The van der Waals surface area contributed by atoms with Gasteiger partial charge in [0.15, 0.2) is 0 Å². The number of Topliss-reactive ketones (excluding diaryl/α,β-unsaturated/α-hetero) is 1. The maximum Gasteiger partial charge on any atom is 0.389 e. The van der Waals surface area contributed by atoms with E-state index in [0.717, 1.165) is 68.9 Å². The van der Waals surface area contributed by atoms with Gasteiger partial charge in [-0.1, -0.05) is 23.4 Å². The van der Waals surface area contributed by atoms with E-state index < -0.39 is 24.8 Å². The molecule has 1 fully saturated rings. The molecule has 0 aliphatic carbocycles. The van der Waals surface area contributed by atoms with Gasteiger partial charge in [-0.25, -0.2) is 4.98 Å². The number of aromatic nitrogens is 2. The highest BCUT2D eigenvalue weighted by atomic mass is 19.4. The Balaban J connectivity index is 1.25. The van der Waals surface area contributed by atoms with Crippen LogP contribution in [0, 0.1) is 12.3 Å². The fraction of sp³-hybridized carbons (Fsp3) is 0.433. The van der Waals surface area contributed by atoms with Gasteiger partial charge < -0.3 is 9.74 Å². The molecule has 1 aliphatic heterocycles. The lowest BCUT2D eigenvalue weighted by Crippen LogP contribution is -2.46. The van der Waals surface area contributed by atoms with Crippen LogP contribution in [0.2, 0.25) is 0 Å². The number of pyridine rings is 1. The van der Waals surface area contributed by atoms with Gasteiger partial charge in [-0.15, -0.1) is 12.3 Å². The first kappa shape index (κ1) is 29.3. The van der Waals surface area contributed by atoms with Gasteiger partial charge in [0.2, 0.25) is 0 Å². The summed E-state index contributed by atoms with van der Waals surface area (Å²) in [5, 5.41) is 4.10. The Morgan fingerprint density at radius 2 is 1.90 bits per heavy atom. The molecule has 1 aliphatic rings. The van der Waals surface area contributed by atoms with Crippen molar-refractivity contribution < 1.29 is 22.8 Å². The molecule has 1 aromatic carbocycles. The summed E-state index contributed by atoms with van der Waals surface area (Å²) in [5.41, 5.74) is 3.87. The minimum atomic E-state index is -4.33. The monoisotopic (exact) mass is 553 g/mol. The van der Waals surface area contributed by atoms with E-state index in [-0.39, 0.29) is 6.42 Å². The highest BCUT2D eigenvalue weighted by Gasteiger charge is 2.27. The number of hydrogen-bond donors (Lipinski definition) is 0. The number of alkyl halides is 3. The summed E-state index contributed by atoms with van der Waals surface area (Å²) in [6.07, 6.45) is 6.34. The third kappa shape index (κ3) is 8.93. The number of ketones is 1. The molecule has 0 atom stereocenters. The molecule has 0 radical (unpaired) electrons. The van der Waals surface area contributed by atoms with Crippen LogP contribution in [-0.4, -0.2) is 83.2 Å². The summed E-state index contributed by atoms with van der Waals surface area (Å²) in [5.74, 6) is 2.26. The van der Waals surface area contributed by atoms with Crippen LogP contribution in [0.4, 0.5) is 13.2 Å². The number of terminal acetylenes is 1. The lowest BCUT2D eigenvalue weighted by atomic mass is 10.0. The molecular formula is C30H34F3N5O2. The highest BCUT2D eigenvalue weighted by Crippen LogP contribution is 2.24. The van der Waals surface area contributed by atoms with E-state index in [2.05, 4.69) is 25.9 Å². The fourth-order valence-corrected chi connectivity index (χ4v) is 4.69. The zero-order valence-corrected chi connectivity index (χ0v) is 22.4. The molecular weight excluding hydrogens is 519 g/mol. The first-order valence-electron chi connectivity index (χ1n) is 13.5. The molecule has 0 unspecified atom stereocenters. The van der Waals surface area contributed by atoms with Gasteiger partial charge in [0, 0.05) is 75.9 Å². The summed E-state index contributed by atoms with van der Waals surface area (Å²) < 4.78 is 39.2. The second kappa shape index (κ2) is 14.1. The van der Waals surface area contributed by atoms with Gasteiger partial charge in [-0.05, 0) is 30.2 Å². The van der Waals surface area contributed by atoms with E-state index in [4.69, 9.17) is 11.3 Å². The van der Waals surface area contributed by atoms with Crippen LogP contribution in [0.25, 0.3) is 16.9 Å². The van der Waals surface area contributed by atoms with Crippen molar-refractivity contribution in [3.8, 4) is 23.6 Å². The third-order valence-electron chi connectivity index (χ3n) is 6.87. The number of carbonyl (C=O) groups excluding carboxylic acids is 1. The molecule has 0 bridgehead atoms. The van der Waals surface area contributed by atoms with Crippen molar-refractivity contribution in [1.82, 2.24) is 19.2 Å². The Morgan fingerprint density at radius 3 is 2.65 bits per heavy atom. The number of nitrogens with zero attached hydrogens (tertiary/aromatic N) is 5. The maximum absolute atomic E-state index is 12.4. The van der Waals surface area contributed by atoms with Crippen molar-refractivity contribution in [3.63, 3.8) is 0 Å². The maximum atomic E-state index is 12.4. The van der Waals surface area contributed by atoms with Gasteiger partial charge >= 0.3 is 6.18 Å². The summed E-state index contributed by atoms with van der Waals surface area (Å²) in [4.78, 5) is 26.8. The van der Waals surface area contributed by atoms with Crippen molar-refractivity contribution >= 4 is 17.6 Å². The fourth-order valence-electron chi connectivity index (χ4n) is 4.69. The van der Waals surface area contributed by atoms with E-state index in [1.807, 2.05) is 34.9 Å². The van der Waals surface area contributed by atoms with Gasteiger partial charge in [0.05, 0.1) is 24.5 Å². The highest BCUT2D eigenvalue weighted by molar-refractivity contribution is 5.82. The van der Waals surface area contributed by atoms with Gasteiger partial charge in [0.1, 0.15) is 18.0 Å². The van der Waals surface area contributed by atoms with E-state index >= 15 is 0 Å². The van der Waals surface area contributed by atoms with Crippen LogP contribution < -0.4 is 0 Å². The third-order valence-corrected chi connectivity index (χ3v) is 6.87. The lowest BCUT2D eigenvalue weighted by Gasteiger charge is -2.34. The van der Waals surface area contributed by atoms with Crippen LogP contribution in [0.15, 0.2) is 53.9 Å². The standard InChI is InChI=1S/C30H34F3N5O2/c1-2-3-11-36-14-16-37(17-15-36)12-5-18-40-35-22-25-9-13-38-28(23-34-29(38)21-25)26-7-4-6-24(19-26)20-27(39)8-10-30(31,32)33/h1,4,6-7,9,13,19,21-23H,3,5,8,10-12,14-18,20H2. The van der Waals surface area contributed by atoms with Gasteiger partial charge in [0.25, 0.3) is 0 Å². The number of rotatable bonds is 13. The summed E-state index contributed by atoms with van der Waals surface area (Å²) >= 11 is 0. The molecule has 3 aromatic rings. The molecule has 3 heterocycles. The number of piperazine rings is 1. The SMILES string of the molecule is C#CCCN1CCN(CCCON=Cc2ccn3c(-c4cccc(CC(=O)CCC(F)(F)F)c4)cnc3c2)CC1. The number of carbonyl (C=O) groups is 1.